The van der Waals surface area contributed by atoms with Crippen LogP contribution < -0.4 is 5.32 Å². The lowest BCUT2D eigenvalue weighted by molar-refractivity contribution is 0.0328. The van der Waals surface area contributed by atoms with Crippen LogP contribution in [-0.2, 0) is 0 Å². The van der Waals surface area contributed by atoms with Gasteiger partial charge >= 0.3 is 0 Å². The van der Waals surface area contributed by atoms with E-state index in [9.17, 15) is 5.11 Å². The third-order valence-corrected chi connectivity index (χ3v) is 4.56. The fraction of sp³-hybridized carbons (Fsp3) is 1.00. The molecule has 1 saturated heterocycles. The average molecular weight is 217 g/mol. The molecule has 1 unspecified atom stereocenters. The maximum Gasteiger partial charge on any atom is 0.0766 e. The van der Waals surface area contributed by atoms with Crippen molar-refractivity contribution in [2.45, 2.75) is 50.4 Å². The molecule has 0 amide bonds. The molecule has 0 aromatic rings. The molecule has 1 atom stereocenters. The molecule has 3 heteroatoms. The highest BCUT2D eigenvalue weighted by Crippen LogP contribution is 2.25. The van der Waals surface area contributed by atoms with E-state index in [-0.39, 0.29) is 0 Å². The van der Waals surface area contributed by atoms with Gasteiger partial charge in [0.2, 0.25) is 0 Å². The molecular weight excluding hydrogens is 194 g/mol. The summed E-state index contributed by atoms with van der Waals surface area (Å²) in [6, 6.07) is 0. The van der Waals surface area contributed by atoms with Crippen molar-refractivity contribution in [1.82, 2.24) is 5.32 Å². The third-order valence-electron chi connectivity index (χ3n) is 3.17. The van der Waals surface area contributed by atoms with E-state index in [2.05, 4.69) is 30.9 Å². The second-order valence-corrected chi connectivity index (χ2v) is 5.61. The summed E-state index contributed by atoms with van der Waals surface area (Å²) in [6.45, 7) is 5.91. The molecule has 0 bridgehead atoms. The molecule has 14 heavy (non-hydrogen) atoms. The lowest BCUT2D eigenvalue weighted by Gasteiger charge is -2.26. The Morgan fingerprint density at radius 3 is 2.64 bits per heavy atom. The first-order chi connectivity index (χ1) is 6.70. The monoisotopic (exact) mass is 217 g/mol. The normalized spacial score (nSPS) is 22.9. The SMILES string of the molecule is CCC(O)(CC)CNCC1CCCS1. The Kier molecular flexibility index (Phi) is 5.28. The van der Waals surface area contributed by atoms with E-state index in [4.69, 9.17) is 0 Å². The predicted molar refractivity (Wildman–Crippen MR) is 63.9 cm³/mol. The first-order valence-corrected chi connectivity index (χ1v) is 6.80. The Balaban J connectivity index is 2.12. The van der Waals surface area contributed by atoms with E-state index in [1.54, 1.807) is 0 Å². The van der Waals surface area contributed by atoms with Crippen LogP contribution in [0.25, 0.3) is 0 Å². The minimum atomic E-state index is -0.483. The molecular formula is C11H23NOS. The van der Waals surface area contributed by atoms with Crippen molar-refractivity contribution < 1.29 is 5.11 Å². The van der Waals surface area contributed by atoms with Gasteiger partial charge in [0.1, 0.15) is 0 Å². The molecule has 0 aromatic carbocycles. The molecule has 1 aliphatic rings. The van der Waals surface area contributed by atoms with Crippen LogP contribution in [0.3, 0.4) is 0 Å². The van der Waals surface area contributed by atoms with Crippen LogP contribution in [0.5, 0.6) is 0 Å². The van der Waals surface area contributed by atoms with E-state index in [0.717, 1.165) is 31.2 Å². The minimum Gasteiger partial charge on any atom is -0.389 e. The van der Waals surface area contributed by atoms with Gasteiger partial charge in [0.25, 0.3) is 0 Å². The molecule has 0 aliphatic carbocycles. The van der Waals surface area contributed by atoms with Crippen LogP contribution >= 0.6 is 11.8 Å². The molecule has 1 heterocycles. The summed E-state index contributed by atoms with van der Waals surface area (Å²) in [6.07, 6.45) is 4.39. The molecule has 84 valence electrons. The zero-order chi connectivity index (χ0) is 10.4. The van der Waals surface area contributed by atoms with Gasteiger partial charge in [0, 0.05) is 18.3 Å². The number of hydrogen-bond acceptors (Lipinski definition) is 3. The summed E-state index contributed by atoms with van der Waals surface area (Å²) in [5, 5.41) is 14.2. The number of hydrogen-bond donors (Lipinski definition) is 2. The van der Waals surface area contributed by atoms with Gasteiger partial charge in [-0.3, -0.25) is 0 Å². The van der Waals surface area contributed by atoms with Gasteiger partial charge < -0.3 is 10.4 Å². The van der Waals surface area contributed by atoms with Crippen LogP contribution in [0, 0.1) is 0 Å². The van der Waals surface area contributed by atoms with Crippen molar-refractivity contribution in [1.29, 1.82) is 0 Å². The van der Waals surface area contributed by atoms with E-state index < -0.39 is 5.60 Å². The summed E-state index contributed by atoms with van der Waals surface area (Å²) in [4.78, 5) is 0. The average Bonchev–Trinajstić information content (AvgIpc) is 2.70. The van der Waals surface area contributed by atoms with Crippen molar-refractivity contribution in [3.8, 4) is 0 Å². The number of aliphatic hydroxyl groups is 1. The Hall–Kier alpha value is 0.270. The number of nitrogens with one attached hydrogen (secondary N) is 1. The van der Waals surface area contributed by atoms with Crippen molar-refractivity contribution >= 4 is 11.8 Å². The summed E-state index contributed by atoms with van der Waals surface area (Å²) in [5.41, 5.74) is -0.483. The van der Waals surface area contributed by atoms with E-state index in [1.807, 2.05) is 0 Å². The smallest absolute Gasteiger partial charge is 0.0766 e. The van der Waals surface area contributed by atoms with E-state index >= 15 is 0 Å². The molecule has 1 rings (SSSR count). The fourth-order valence-corrected chi connectivity index (χ4v) is 3.01. The first kappa shape index (κ1) is 12.3. The molecule has 1 fully saturated rings. The summed E-state index contributed by atoms with van der Waals surface area (Å²) in [5.74, 6) is 1.32. The quantitative estimate of drug-likeness (QED) is 0.714. The zero-order valence-corrected chi connectivity index (χ0v) is 10.2. The predicted octanol–water partition coefficient (Wildman–Crippen LogP) is 2.02. The van der Waals surface area contributed by atoms with Crippen molar-refractivity contribution in [2.75, 3.05) is 18.8 Å². The van der Waals surface area contributed by atoms with Crippen molar-refractivity contribution in [3.05, 3.63) is 0 Å². The van der Waals surface area contributed by atoms with Crippen molar-refractivity contribution in [2.24, 2.45) is 0 Å². The van der Waals surface area contributed by atoms with Gasteiger partial charge in [0.05, 0.1) is 5.60 Å². The number of thioether (sulfide) groups is 1. The van der Waals surface area contributed by atoms with Crippen LogP contribution in [0.1, 0.15) is 39.5 Å². The minimum absolute atomic E-state index is 0.483. The maximum atomic E-state index is 10.0. The van der Waals surface area contributed by atoms with Crippen LogP contribution in [-0.4, -0.2) is 34.8 Å². The molecule has 0 radical (unpaired) electrons. The standard InChI is InChI=1S/C11H23NOS/c1-3-11(13,4-2)9-12-8-10-6-5-7-14-10/h10,12-13H,3-9H2,1-2H3. The van der Waals surface area contributed by atoms with Crippen LogP contribution in [0.15, 0.2) is 0 Å². The van der Waals surface area contributed by atoms with Crippen molar-refractivity contribution in [3.63, 3.8) is 0 Å². The zero-order valence-electron chi connectivity index (χ0n) is 9.38. The summed E-state index contributed by atoms with van der Waals surface area (Å²) in [7, 11) is 0. The Bertz CT molecular complexity index is 153. The Morgan fingerprint density at radius 1 is 1.43 bits per heavy atom. The molecule has 0 saturated carbocycles. The van der Waals surface area contributed by atoms with Gasteiger partial charge in [-0.1, -0.05) is 13.8 Å². The fourth-order valence-electron chi connectivity index (χ4n) is 1.77. The Morgan fingerprint density at radius 2 is 2.14 bits per heavy atom. The van der Waals surface area contributed by atoms with E-state index in [1.165, 1.54) is 18.6 Å². The molecule has 0 spiro atoms. The topological polar surface area (TPSA) is 32.3 Å². The highest BCUT2D eigenvalue weighted by Gasteiger charge is 2.22. The highest BCUT2D eigenvalue weighted by atomic mass is 32.2. The molecule has 2 N–H and O–H groups in total. The largest absolute Gasteiger partial charge is 0.389 e. The number of rotatable bonds is 6. The lowest BCUT2D eigenvalue weighted by atomic mass is 9.97. The van der Waals surface area contributed by atoms with Gasteiger partial charge in [0.15, 0.2) is 0 Å². The summed E-state index contributed by atoms with van der Waals surface area (Å²) >= 11 is 2.06. The second kappa shape index (κ2) is 5.99. The Labute approximate surface area is 91.9 Å². The lowest BCUT2D eigenvalue weighted by Crippen LogP contribution is -2.41. The summed E-state index contributed by atoms with van der Waals surface area (Å²) < 4.78 is 0. The second-order valence-electron chi connectivity index (χ2n) is 4.20. The molecule has 1 aliphatic heterocycles. The molecule has 0 aromatic heterocycles. The van der Waals surface area contributed by atoms with Crippen LogP contribution in [0.2, 0.25) is 0 Å². The van der Waals surface area contributed by atoms with E-state index in [0.29, 0.717) is 0 Å². The van der Waals surface area contributed by atoms with Gasteiger partial charge in [-0.2, -0.15) is 11.8 Å². The highest BCUT2D eigenvalue weighted by molar-refractivity contribution is 8.00. The first-order valence-electron chi connectivity index (χ1n) is 5.75. The van der Waals surface area contributed by atoms with Gasteiger partial charge in [-0.25, -0.2) is 0 Å². The maximum absolute atomic E-state index is 10.0. The third kappa shape index (κ3) is 3.79. The van der Waals surface area contributed by atoms with Crippen LogP contribution in [0.4, 0.5) is 0 Å². The molecule has 2 nitrogen and oxygen atoms in total. The van der Waals surface area contributed by atoms with Gasteiger partial charge in [-0.05, 0) is 31.4 Å². The van der Waals surface area contributed by atoms with Gasteiger partial charge in [-0.15, -0.1) is 0 Å².